The SMILES string of the molecule is COc1ccc(-c2cc3c(C)nc(N)nc3n(C3CCC(=O)CC3)c2=O)cn1. The van der Waals surface area contributed by atoms with Gasteiger partial charge in [-0.15, -0.1) is 0 Å². The van der Waals surface area contributed by atoms with Crippen LogP contribution in [0.15, 0.2) is 29.2 Å². The van der Waals surface area contributed by atoms with Gasteiger partial charge in [0.15, 0.2) is 0 Å². The van der Waals surface area contributed by atoms with E-state index in [1.165, 1.54) is 0 Å². The molecule has 0 bridgehead atoms. The van der Waals surface area contributed by atoms with E-state index in [9.17, 15) is 9.59 Å². The van der Waals surface area contributed by atoms with E-state index in [0.29, 0.717) is 54.0 Å². The molecule has 144 valence electrons. The smallest absolute Gasteiger partial charge is 0.260 e. The van der Waals surface area contributed by atoms with Gasteiger partial charge >= 0.3 is 0 Å². The van der Waals surface area contributed by atoms with Gasteiger partial charge < -0.3 is 10.5 Å². The summed E-state index contributed by atoms with van der Waals surface area (Å²) in [5, 5.41) is 0.761. The minimum Gasteiger partial charge on any atom is -0.481 e. The summed E-state index contributed by atoms with van der Waals surface area (Å²) in [6.07, 6.45) is 3.77. The fourth-order valence-corrected chi connectivity index (χ4v) is 3.76. The topological polar surface area (TPSA) is 113 Å². The average molecular weight is 379 g/mol. The first-order valence-electron chi connectivity index (χ1n) is 9.19. The van der Waals surface area contributed by atoms with Crippen molar-refractivity contribution in [2.75, 3.05) is 12.8 Å². The van der Waals surface area contributed by atoms with E-state index < -0.39 is 0 Å². The van der Waals surface area contributed by atoms with Gasteiger partial charge in [-0.3, -0.25) is 14.2 Å². The molecule has 1 fully saturated rings. The number of nitrogens with zero attached hydrogens (tertiary/aromatic N) is 4. The van der Waals surface area contributed by atoms with Crippen LogP contribution in [0.2, 0.25) is 0 Å². The van der Waals surface area contributed by atoms with E-state index >= 15 is 0 Å². The molecule has 8 nitrogen and oxygen atoms in total. The number of nitrogen functional groups attached to an aromatic ring is 1. The number of pyridine rings is 2. The Morgan fingerprint density at radius 1 is 1.18 bits per heavy atom. The molecule has 0 aromatic carbocycles. The van der Waals surface area contributed by atoms with E-state index in [4.69, 9.17) is 10.5 Å². The highest BCUT2D eigenvalue weighted by Crippen LogP contribution is 2.30. The molecule has 1 saturated carbocycles. The van der Waals surface area contributed by atoms with Crippen molar-refractivity contribution in [1.82, 2.24) is 19.5 Å². The number of nitrogens with two attached hydrogens (primary N) is 1. The maximum Gasteiger partial charge on any atom is 0.260 e. The highest BCUT2D eigenvalue weighted by Gasteiger charge is 2.25. The number of anilines is 1. The van der Waals surface area contributed by atoms with Gasteiger partial charge in [-0.25, -0.2) is 9.97 Å². The first-order valence-corrected chi connectivity index (χ1v) is 9.19. The lowest BCUT2D eigenvalue weighted by molar-refractivity contribution is -0.120. The lowest BCUT2D eigenvalue weighted by Crippen LogP contribution is -2.30. The molecule has 3 heterocycles. The summed E-state index contributed by atoms with van der Waals surface area (Å²) < 4.78 is 6.79. The molecule has 0 unspecified atom stereocenters. The summed E-state index contributed by atoms with van der Waals surface area (Å²) in [6.45, 7) is 1.84. The second kappa shape index (κ2) is 7.03. The number of carbonyl (C=O) groups is 1. The van der Waals surface area contributed by atoms with Crippen molar-refractivity contribution in [3.8, 4) is 17.0 Å². The number of hydrogen-bond acceptors (Lipinski definition) is 7. The molecule has 3 aromatic rings. The number of methoxy groups -OCH3 is 1. The number of Topliss-reactive ketones (excluding diaryl/α,β-unsaturated/α-hetero) is 1. The van der Waals surface area contributed by atoms with Crippen molar-refractivity contribution in [2.45, 2.75) is 38.6 Å². The summed E-state index contributed by atoms with van der Waals surface area (Å²) in [6, 6.07) is 5.21. The summed E-state index contributed by atoms with van der Waals surface area (Å²) in [5.74, 6) is 0.835. The fraction of sp³-hybridized carbons (Fsp3) is 0.350. The van der Waals surface area contributed by atoms with Gasteiger partial charge in [0.2, 0.25) is 11.8 Å². The molecule has 1 aliphatic rings. The predicted molar refractivity (Wildman–Crippen MR) is 105 cm³/mol. The normalized spacial score (nSPS) is 15.1. The summed E-state index contributed by atoms with van der Waals surface area (Å²) >= 11 is 0. The Balaban J connectivity index is 1.97. The second-order valence-electron chi connectivity index (χ2n) is 7.00. The van der Waals surface area contributed by atoms with E-state index in [0.717, 1.165) is 5.39 Å². The largest absolute Gasteiger partial charge is 0.481 e. The van der Waals surface area contributed by atoms with Gasteiger partial charge in [-0.1, -0.05) is 0 Å². The Bertz CT molecular complexity index is 1110. The van der Waals surface area contributed by atoms with Gasteiger partial charge in [0.1, 0.15) is 11.4 Å². The zero-order valence-corrected chi connectivity index (χ0v) is 15.8. The Labute approximate surface area is 161 Å². The molecule has 3 aromatic heterocycles. The molecule has 0 amide bonds. The van der Waals surface area contributed by atoms with Crippen LogP contribution in [0.25, 0.3) is 22.2 Å². The Morgan fingerprint density at radius 2 is 1.93 bits per heavy atom. The number of ketones is 1. The van der Waals surface area contributed by atoms with Crippen molar-refractivity contribution in [3.05, 3.63) is 40.4 Å². The summed E-state index contributed by atoms with van der Waals surface area (Å²) in [7, 11) is 1.54. The van der Waals surface area contributed by atoms with E-state index in [2.05, 4.69) is 15.0 Å². The van der Waals surface area contributed by atoms with E-state index in [-0.39, 0.29) is 23.3 Å². The van der Waals surface area contributed by atoms with E-state index in [1.807, 2.05) is 6.92 Å². The molecule has 0 radical (unpaired) electrons. The molecule has 8 heteroatoms. The standard InChI is InChI=1S/C20H21N5O3/c1-11-15-9-16(12-3-8-17(28-2)22-10-12)19(27)25(18(15)24-20(21)23-11)13-4-6-14(26)7-5-13/h3,8-10,13H,4-7H2,1-2H3,(H2,21,23,24). The minimum absolute atomic E-state index is 0.104. The molecule has 0 aliphatic heterocycles. The summed E-state index contributed by atoms with van der Waals surface area (Å²) in [4.78, 5) is 38.0. The number of hydrogen-bond donors (Lipinski definition) is 1. The van der Waals surface area contributed by atoms with Gasteiger partial charge in [-0.05, 0) is 31.9 Å². The summed E-state index contributed by atoms with van der Waals surface area (Å²) in [5.41, 5.74) is 8.10. The highest BCUT2D eigenvalue weighted by molar-refractivity contribution is 5.84. The molecule has 28 heavy (non-hydrogen) atoms. The van der Waals surface area contributed by atoms with Crippen LogP contribution in [0.1, 0.15) is 37.4 Å². The van der Waals surface area contributed by atoms with Crippen LogP contribution >= 0.6 is 0 Å². The van der Waals surface area contributed by atoms with Crippen LogP contribution < -0.4 is 16.0 Å². The zero-order chi connectivity index (χ0) is 19.8. The highest BCUT2D eigenvalue weighted by atomic mass is 16.5. The number of aromatic nitrogens is 4. The molecule has 2 N–H and O–H groups in total. The maximum absolute atomic E-state index is 13.5. The quantitative estimate of drug-likeness (QED) is 0.743. The van der Waals surface area contributed by atoms with Crippen LogP contribution in [0.5, 0.6) is 5.88 Å². The van der Waals surface area contributed by atoms with Crippen LogP contribution in [-0.4, -0.2) is 32.4 Å². The number of carbonyl (C=O) groups excluding carboxylic acids is 1. The zero-order valence-electron chi connectivity index (χ0n) is 15.8. The van der Waals surface area contributed by atoms with Crippen molar-refractivity contribution in [1.29, 1.82) is 0 Å². The monoisotopic (exact) mass is 379 g/mol. The third-order valence-corrected chi connectivity index (χ3v) is 5.23. The Hall–Kier alpha value is -3.29. The Morgan fingerprint density at radius 3 is 2.57 bits per heavy atom. The van der Waals surface area contributed by atoms with Crippen molar-refractivity contribution >= 4 is 22.8 Å². The van der Waals surface area contributed by atoms with Crippen LogP contribution in [0.4, 0.5) is 5.95 Å². The van der Waals surface area contributed by atoms with Gasteiger partial charge in [-0.2, -0.15) is 4.98 Å². The molecule has 0 atom stereocenters. The third kappa shape index (κ3) is 3.11. The van der Waals surface area contributed by atoms with Crippen LogP contribution in [-0.2, 0) is 4.79 Å². The van der Waals surface area contributed by atoms with E-state index in [1.54, 1.807) is 36.1 Å². The molecular formula is C20H21N5O3. The average Bonchev–Trinajstić information content (AvgIpc) is 2.69. The molecule has 0 spiro atoms. The minimum atomic E-state index is -0.170. The number of rotatable bonds is 3. The first kappa shape index (κ1) is 18.1. The first-order chi connectivity index (χ1) is 13.5. The van der Waals surface area contributed by atoms with Gasteiger partial charge in [0.05, 0.1) is 12.8 Å². The maximum atomic E-state index is 13.5. The molecule has 1 aliphatic carbocycles. The van der Waals surface area contributed by atoms with Crippen LogP contribution in [0, 0.1) is 6.92 Å². The Kier molecular flexibility index (Phi) is 4.54. The number of fused-ring (bicyclic) bond motifs is 1. The molecular weight excluding hydrogens is 358 g/mol. The van der Waals surface area contributed by atoms with Crippen molar-refractivity contribution < 1.29 is 9.53 Å². The van der Waals surface area contributed by atoms with Gasteiger partial charge in [0.25, 0.3) is 5.56 Å². The predicted octanol–water partition coefficient (Wildman–Crippen LogP) is 2.44. The lowest BCUT2D eigenvalue weighted by atomic mass is 9.93. The molecule has 0 saturated heterocycles. The lowest BCUT2D eigenvalue weighted by Gasteiger charge is -2.25. The molecule has 4 rings (SSSR count). The van der Waals surface area contributed by atoms with Crippen molar-refractivity contribution in [3.63, 3.8) is 0 Å². The van der Waals surface area contributed by atoms with Crippen LogP contribution in [0.3, 0.4) is 0 Å². The fourth-order valence-electron chi connectivity index (χ4n) is 3.76. The third-order valence-electron chi connectivity index (χ3n) is 5.23. The second-order valence-corrected chi connectivity index (χ2v) is 7.00. The number of aryl methyl sites for hydroxylation is 1. The van der Waals surface area contributed by atoms with Crippen molar-refractivity contribution in [2.24, 2.45) is 0 Å². The van der Waals surface area contributed by atoms with Gasteiger partial charge in [0, 0.05) is 47.7 Å². The number of ether oxygens (including phenoxy) is 1.